The Morgan fingerprint density at radius 1 is 1.41 bits per heavy atom. The summed E-state index contributed by atoms with van der Waals surface area (Å²) in [4.78, 5) is 13.9. The Hall–Kier alpha value is -0.610. The molecule has 1 saturated carbocycles. The van der Waals surface area contributed by atoms with Gasteiger partial charge in [-0.3, -0.25) is 10.1 Å². The zero-order valence-electron chi connectivity index (χ0n) is 10.9. The Labute approximate surface area is 103 Å². The van der Waals surface area contributed by atoms with Crippen LogP contribution in [0.2, 0.25) is 0 Å². The van der Waals surface area contributed by atoms with E-state index in [1.54, 1.807) is 0 Å². The van der Waals surface area contributed by atoms with E-state index < -0.39 is 11.5 Å². The zero-order valence-corrected chi connectivity index (χ0v) is 10.9. The van der Waals surface area contributed by atoms with E-state index >= 15 is 0 Å². The molecule has 0 aromatic heterocycles. The van der Waals surface area contributed by atoms with Crippen molar-refractivity contribution < 1.29 is 9.90 Å². The molecule has 1 heterocycles. The quantitative estimate of drug-likeness (QED) is 0.781. The van der Waals surface area contributed by atoms with Crippen LogP contribution < -0.4 is 5.32 Å². The number of rotatable bonds is 3. The fraction of sp³-hybridized carbons (Fsp3) is 0.923. The van der Waals surface area contributed by atoms with Crippen LogP contribution in [0.5, 0.6) is 0 Å². The van der Waals surface area contributed by atoms with Crippen LogP contribution in [-0.2, 0) is 4.79 Å². The third-order valence-electron chi connectivity index (χ3n) is 4.53. The first kappa shape index (κ1) is 12.8. The van der Waals surface area contributed by atoms with E-state index in [4.69, 9.17) is 0 Å². The second-order valence-corrected chi connectivity index (χ2v) is 5.82. The molecule has 1 saturated heterocycles. The minimum Gasteiger partial charge on any atom is -0.480 e. The standard InChI is InChI=1S/C13H24N2O2/c1-10-5-3-4-7-13(10,12(16)17)14-11-6-8-15(2)9-11/h10-11,14H,3-9H2,1-2H3,(H,16,17). The van der Waals surface area contributed by atoms with Gasteiger partial charge in [0.05, 0.1) is 0 Å². The van der Waals surface area contributed by atoms with Crippen molar-refractivity contribution in [2.24, 2.45) is 5.92 Å². The first-order chi connectivity index (χ1) is 8.04. The second-order valence-electron chi connectivity index (χ2n) is 5.82. The molecule has 1 aliphatic carbocycles. The normalized spacial score (nSPS) is 39.4. The van der Waals surface area contributed by atoms with Crippen molar-refractivity contribution in [3.05, 3.63) is 0 Å². The summed E-state index contributed by atoms with van der Waals surface area (Å²) in [6.45, 7) is 4.13. The fourth-order valence-corrected chi connectivity index (χ4v) is 3.36. The van der Waals surface area contributed by atoms with Crippen LogP contribution >= 0.6 is 0 Å². The van der Waals surface area contributed by atoms with Crippen LogP contribution in [0.15, 0.2) is 0 Å². The molecule has 2 fully saturated rings. The Balaban J connectivity index is 2.08. The van der Waals surface area contributed by atoms with Crippen molar-refractivity contribution in [2.75, 3.05) is 20.1 Å². The van der Waals surface area contributed by atoms with E-state index in [-0.39, 0.29) is 5.92 Å². The summed E-state index contributed by atoms with van der Waals surface area (Å²) in [6, 6.07) is 0.344. The number of carboxylic acids is 1. The number of hydrogen-bond acceptors (Lipinski definition) is 3. The van der Waals surface area contributed by atoms with E-state index in [1.807, 2.05) is 0 Å². The van der Waals surface area contributed by atoms with Crippen LogP contribution in [0.1, 0.15) is 39.0 Å². The summed E-state index contributed by atoms with van der Waals surface area (Å²) >= 11 is 0. The Bertz CT molecular complexity index is 295. The van der Waals surface area contributed by atoms with Crippen LogP contribution in [0.3, 0.4) is 0 Å². The van der Waals surface area contributed by atoms with Gasteiger partial charge in [-0.2, -0.15) is 0 Å². The average Bonchev–Trinajstić information content (AvgIpc) is 2.67. The highest BCUT2D eigenvalue weighted by molar-refractivity contribution is 5.79. The minimum atomic E-state index is -0.673. The molecule has 4 heteroatoms. The largest absolute Gasteiger partial charge is 0.480 e. The van der Waals surface area contributed by atoms with Gasteiger partial charge < -0.3 is 10.0 Å². The van der Waals surface area contributed by atoms with Gasteiger partial charge in [0.15, 0.2) is 0 Å². The third kappa shape index (κ3) is 2.47. The van der Waals surface area contributed by atoms with Crippen molar-refractivity contribution in [3.63, 3.8) is 0 Å². The number of carbonyl (C=O) groups is 1. The molecule has 2 N–H and O–H groups in total. The number of nitrogens with one attached hydrogen (secondary N) is 1. The molecule has 4 nitrogen and oxygen atoms in total. The Morgan fingerprint density at radius 3 is 2.71 bits per heavy atom. The lowest BCUT2D eigenvalue weighted by Crippen LogP contribution is -2.61. The number of hydrogen-bond donors (Lipinski definition) is 2. The number of likely N-dealkylation sites (N-methyl/N-ethyl adjacent to an activating group) is 1. The van der Waals surface area contributed by atoms with Crippen molar-refractivity contribution in [1.29, 1.82) is 0 Å². The van der Waals surface area contributed by atoms with Gasteiger partial charge in [0.25, 0.3) is 0 Å². The summed E-state index contributed by atoms with van der Waals surface area (Å²) < 4.78 is 0. The van der Waals surface area contributed by atoms with Crippen LogP contribution in [0.25, 0.3) is 0 Å². The molecule has 98 valence electrons. The molecular formula is C13H24N2O2. The first-order valence-electron chi connectivity index (χ1n) is 6.74. The Kier molecular flexibility index (Phi) is 3.73. The van der Waals surface area contributed by atoms with Crippen LogP contribution in [0.4, 0.5) is 0 Å². The summed E-state index contributed by atoms with van der Waals surface area (Å²) in [5.41, 5.74) is -0.673. The summed E-state index contributed by atoms with van der Waals surface area (Å²) in [6.07, 6.45) is 5.08. The summed E-state index contributed by atoms with van der Waals surface area (Å²) in [5.74, 6) is -0.418. The van der Waals surface area contributed by atoms with E-state index in [0.29, 0.717) is 6.04 Å². The molecule has 0 amide bonds. The van der Waals surface area contributed by atoms with Gasteiger partial charge in [0.2, 0.25) is 0 Å². The van der Waals surface area contributed by atoms with Crippen molar-refractivity contribution in [2.45, 2.75) is 50.6 Å². The maximum atomic E-state index is 11.7. The molecule has 0 aromatic carbocycles. The smallest absolute Gasteiger partial charge is 0.324 e. The highest BCUT2D eigenvalue weighted by Crippen LogP contribution is 2.35. The SMILES string of the molecule is CC1CCCCC1(NC1CCN(C)C1)C(=O)O. The molecule has 2 aliphatic rings. The highest BCUT2D eigenvalue weighted by atomic mass is 16.4. The van der Waals surface area contributed by atoms with Gasteiger partial charge in [0, 0.05) is 12.6 Å². The highest BCUT2D eigenvalue weighted by Gasteiger charge is 2.46. The molecule has 17 heavy (non-hydrogen) atoms. The summed E-state index contributed by atoms with van der Waals surface area (Å²) in [7, 11) is 2.10. The number of nitrogens with zero attached hydrogens (tertiary/aromatic N) is 1. The van der Waals surface area contributed by atoms with Gasteiger partial charge in [-0.25, -0.2) is 0 Å². The molecule has 2 rings (SSSR count). The third-order valence-corrected chi connectivity index (χ3v) is 4.53. The maximum absolute atomic E-state index is 11.7. The topological polar surface area (TPSA) is 52.6 Å². The molecule has 0 bridgehead atoms. The zero-order chi connectivity index (χ0) is 12.5. The monoisotopic (exact) mass is 240 g/mol. The van der Waals surface area contributed by atoms with Crippen molar-refractivity contribution >= 4 is 5.97 Å². The molecule has 0 aromatic rings. The van der Waals surface area contributed by atoms with Gasteiger partial charge >= 0.3 is 5.97 Å². The lowest BCUT2D eigenvalue weighted by Gasteiger charge is -2.41. The minimum absolute atomic E-state index is 0.236. The molecule has 0 radical (unpaired) electrons. The number of carboxylic acid groups (broad SMARTS) is 1. The molecule has 3 unspecified atom stereocenters. The van der Waals surface area contributed by atoms with E-state index in [1.165, 1.54) is 6.42 Å². The maximum Gasteiger partial charge on any atom is 0.324 e. The Morgan fingerprint density at radius 2 is 2.18 bits per heavy atom. The van der Waals surface area contributed by atoms with E-state index in [9.17, 15) is 9.90 Å². The van der Waals surface area contributed by atoms with E-state index in [0.717, 1.165) is 38.8 Å². The molecule has 3 atom stereocenters. The lowest BCUT2D eigenvalue weighted by molar-refractivity contribution is -0.149. The average molecular weight is 240 g/mol. The van der Waals surface area contributed by atoms with Crippen molar-refractivity contribution in [3.8, 4) is 0 Å². The second kappa shape index (κ2) is 4.94. The van der Waals surface area contributed by atoms with Crippen molar-refractivity contribution in [1.82, 2.24) is 10.2 Å². The number of aliphatic carboxylic acids is 1. The van der Waals surface area contributed by atoms with Gasteiger partial charge in [0.1, 0.15) is 5.54 Å². The van der Waals surface area contributed by atoms with Crippen LogP contribution in [0, 0.1) is 5.92 Å². The summed E-state index contributed by atoms with van der Waals surface area (Å²) in [5, 5.41) is 13.1. The first-order valence-corrected chi connectivity index (χ1v) is 6.74. The molecule has 1 aliphatic heterocycles. The predicted octanol–water partition coefficient (Wildman–Crippen LogP) is 1.31. The van der Waals surface area contributed by atoms with Gasteiger partial charge in [-0.05, 0) is 38.8 Å². The van der Waals surface area contributed by atoms with Crippen LogP contribution in [-0.4, -0.2) is 47.7 Å². The lowest BCUT2D eigenvalue weighted by atomic mass is 9.73. The van der Waals surface area contributed by atoms with E-state index in [2.05, 4.69) is 24.2 Å². The molecule has 0 spiro atoms. The number of likely N-dealkylation sites (tertiary alicyclic amines) is 1. The fourth-order valence-electron chi connectivity index (χ4n) is 3.36. The predicted molar refractivity (Wildman–Crippen MR) is 67.0 cm³/mol. The van der Waals surface area contributed by atoms with Gasteiger partial charge in [-0.15, -0.1) is 0 Å². The molecular weight excluding hydrogens is 216 g/mol. The van der Waals surface area contributed by atoms with Gasteiger partial charge in [-0.1, -0.05) is 19.8 Å².